The van der Waals surface area contributed by atoms with Crippen LogP contribution in [0, 0.1) is 0 Å². The minimum Gasteiger partial charge on any atom is -0.337 e. The number of benzene rings is 1. The van der Waals surface area contributed by atoms with Crippen molar-refractivity contribution >= 4 is 50.6 Å². The van der Waals surface area contributed by atoms with Crippen LogP contribution >= 0.6 is 39.1 Å². The lowest BCUT2D eigenvalue weighted by Gasteiger charge is -2.08. The van der Waals surface area contributed by atoms with E-state index in [0.29, 0.717) is 16.0 Å². The minimum atomic E-state index is 0.323. The molecule has 1 N–H and O–H groups in total. The quantitative estimate of drug-likeness (QED) is 0.897. The van der Waals surface area contributed by atoms with Gasteiger partial charge in [-0.05, 0) is 34.1 Å². The third-order valence-electron chi connectivity index (χ3n) is 1.84. The Kier molecular flexibility index (Phi) is 3.63. The van der Waals surface area contributed by atoms with Crippen molar-refractivity contribution in [1.82, 2.24) is 9.97 Å². The molecule has 0 saturated carbocycles. The Bertz CT molecular complexity index is 519. The summed E-state index contributed by atoms with van der Waals surface area (Å²) in [6.07, 6.45) is 3.10. The fourth-order valence-electron chi connectivity index (χ4n) is 1.12. The lowest BCUT2D eigenvalue weighted by Crippen LogP contribution is -1.96. The summed E-state index contributed by atoms with van der Waals surface area (Å²) in [7, 11) is 0. The fraction of sp³-hybridized carbons (Fsp3) is 0. The van der Waals surface area contributed by atoms with Crippen molar-refractivity contribution in [2.45, 2.75) is 0 Å². The molecule has 0 aliphatic rings. The first kappa shape index (κ1) is 11.6. The topological polar surface area (TPSA) is 37.8 Å². The molecule has 0 spiro atoms. The Balaban J connectivity index is 2.31. The molecule has 0 fully saturated rings. The van der Waals surface area contributed by atoms with Crippen LogP contribution in [0.2, 0.25) is 10.2 Å². The highest BCUT2D eigenvalue weighted by molar-refractivity contribution is 9.10. The molecule has 6 heteroatoms. The van der Waals surface area contributed by atoms with E-state index < -0.39 is 0 Å². The Morgan fingerprint density at radius 1 is 1.12 bits per heavy atom. The molecule has 1 aromatic heterocycles. The molecule has 0 aliphatic carbocycles. The second kappa shape index (κ2) is 4.99. The van der Waals surface area contributed by atoms with E-state index in [1.54, 1.807) is 18.3 Å². The fourth-order valence-corrected chi connectivity index (χ4v) is 2.06. The maximum absolute atomic E-state index is 5.88. The molecule has 1 heterocycles. The van der Waals surface area contributed by atoms with Crippen LogP contribution in [-0.2, 0) is 0 Å². The van der Waals surface area contributed by atoms with Gasteiger partial charge in [0.25, 0.3) is 0 Å². The molecule has 0 saturated heterocycles. The molecular formula is C10H6BrCl2N3. The summed E-state index contributed by atoms with van der Waals surface area (Å²) in [4.78, 5) is 8.00. The number of rotatable bonds is 2. The monoisotopic (exact) mass is 317 g/mol. The Hall–Kier alpha value is -0.840. The van der Waals surface area contributed by atoms with Gasteiger partial charge in [-0.2, -0.15) is 0 Å². The van der Waals surface area contributed by atoms with Crippen LogP contribution in [0.1, 0.15) is 0 Å². The predicted molar refractivity (Wildman–Crippen MR) is 69.5 cm³/mol. The minimum absolute atomic E-state index is 0.323. The second-order valence-electron chi connectivity index (χ2n) is 2.94. The highest BCUT2D eigenvalue weighted by atomic mass is 79.9. The van der Waals surface area contributed by atoms with Gasteiger partial charge in [-0.1, -0.05) is 23.2 Å². The molecule has 0 radical (unpaired) electrons. The summed E-state index contributed by atoms with van der Waals surface area (Å²) in [6, 6.07) is 5.39. The summed E-state index contributed by atoms with van der Waals surface area (Å²) in [6.45, 7) is 0. The molecule has 3 nitrogen and oxygen atoms in total. The molecule has 2 rings (SSSR count). The standard InChI is InChI=1S/C10H6BrCl2N3/c11-7-5-6(12)1-2-8(7)16-10-9(13)14-3-4-15-10/h1-5H,(H,15,16). The first-order chi connectivity index (χ1) is 7.66. The van der Waals surface area contributed by atoms with Gasteiger partial charge in [0.15, 0.2) is 11.0 Å². The lowest BCUT2D eigenvalue weighted by atomic mass is 10.3. The summed E-state index contributed by atoms with van der Waals surface area (Å²) < 4.78 is 0.835. The van der Waals surface area contributed by atoms with Crippen molar-refractivity contribution in [2.75, 3.05) is 5.32 Å². The molecule has 0 bridgehead atoms. The Morgan fingerprint density at radius 2 is 1.88 bits per heavy atom. The van der Waals surface area contributed by atoms with Gasteiger partial charge in [-0.25, -0.2) is 9.97 Å². The third kappa shape index (κ3) is 2.64. The zero-order chi connectivity index (χ0) is 11.5. The third-order valence-corrected chi connectivity index (χ3v) is 3.01. The van der Waals surface area contributed by atoms with Gasteiger partial charge in [0.2, 0.25) is 0 Å². The van der Waals surface area contributed by atoms with Crippen molar-refractivity contribution in [3.8, 4) is 0 Å². The van der Waals surface area contributed by atoms with E-state index in [-0.39, 0.29) is 0 Å². The van der Waals surface area contributed by atoms with Crippen LogP contribution < -0.4 is 5.32 Å². The average molecular weight is 319 g/mol. The number of nitrogens with one attached hydrogen (secondary N) is 1. The van der Waals surface area contributed by atoms with E-state index in [2.05, 4.69) is 31.2 Å². The molecule has 0 aliphatic heterocycles. The van der Waals surface area contributed by atoms with Gasteiger partial charge >= 0.3 is 0 Å². The number of hydrogen-bond acceptors (Lipinski definition) is 3. The highest BCUT2D eigenvalue weighted by Gasteiger charge is 2.05. The van der Waals surface area contributed by atoms with E-state index >= 15 is 0 Å². The number of halogens is 3. The molecule has 2 aromatic rings. The number of anilines is 2. The largest absolute Gasteiger partial charge is 0.337 e. The SMILES string of the molecule is Clc1ccc(Nc2nccnc2Cl)c(Br)c1. The smallest absolute Gasteiger partial charge is 0.171 e. The van der Waals surface area contributed by atoms with Crippen LogP contribution in [0.4, 0.5) is 11.5 Å². The van der Waals surface area contributed by atoms with E-state index in [9.17, 15) is 0 Å². The van der Waals surface area contributed by atoms with Crippen LogP contribution in [-0.4, -0.2) is 9.97 Å². The van der Waals surface area contributed by atoms with E-state index in [0.717, 1.165) is 10.2 Å². The maximum atomic E-state index is 5.88. The van der Waals surface area contributed by atoms with Gasteiger partial charge in [-0.3, -0.25) is 0 Å². The molecule has 82 valence electrons. The van der Waals surface area contributed by atoms with Gasteiger partial charge < -0.3 is 5.32 Å². The van der Waals surface area contributed by atoms with Crippen molar-refractivity contribution in [1.29, 1.82) is 0 Å². The van der Waals surface area contributed by atoms with Gasteiger partial charge in [0, 0.05) is 21.9 Å². The van der Waals surface area contributed by atoms with Crippen LogP contribution in [0.5, 0.6) is 0 Å². The van der Waals surface area contributed by atoms with E-state index in [1.165, 1.54) is 6.20 Å². The summed E-state index contributed by atoms with van der Waals surface area (Å²) in [5, 5.41) is 4.04. The summed E-state index contributed by atoms with van der Waals surface area (Å²) in [5.74, 6) is 0.507. The zero-order valence-corrected chi connectivity index (χ0v) is 11.0. The Labute approximate surface area is 111 Å². The normalized spacial score (nSPS) is 10.2. The Morgan fingerprint density at radius 3 is 2.56 bits per heavy atom. The molecule has 0 unspecified atom stereocenters. The van der Waals surface area contributed by atoms with Crippen LogP contribution in [0.25, 0.3) is 0 Å². The van der Waals surface area contributed by atoms with Crippen LogP contribution in [0.3, 0.4) is 0 Å². The van der Waals surface area contributed by atoms with E-state index in [4.69, 9.17) is 23.2 Å². The molecule has 16 heavy (non-hydrogen) atoms. The van der Waals surface area contributed by atoms with Crippen molar-refractivity contribution in [3.05, 3.63) is 45.2 Å². The average Bonchev–Trinajstić information content (AvgIpc) is 2.25. The van der Waals surface area contributed by atoms with Crippen molar-refractivity contribution in [2.24, 2.45) is 0 Å². The lowest BCUT2D eigenvalue weighted by molar-refractivity contribution is 1.20. The van der Waals surface area contributed by atoms with Crippen LogP contribution in [0.15, 0.2) is 35.1 Å². The maximum Gasteiger partial charge on any atom is 0.171 e. The molecular weight excluding hydrogens is 313 g/mol. The van der Waals surface area contributed by atoms with Gasteiger partial charge in [0.1, 0.15) is 0 Å². The predicted octanol–water partition coefficient (Wildman–Crippen LogP) is 4.29. The van der Waals surface area contributed by atoms with Crippen molar-refractivity contribution in [3.63, 3.8) is 0 Å². The number of hydrogen-bond donors (Lipinski definition) is 1. The van der Waals surface area contributed by atoms with E-state index in [1.807, 2.05) is 6.07 Å². The first-order valence-electron chi connectivity index (χ1n) is 4.35. The highest BCUT2D eigenvalue weighted by Crippen LogP contribution is 2.29. The zero-order valence-electron chi connectivity index (χ0n) is 7.92. The molecule has 0 amide bonds. The second-order valence-corrected chi connectivity index (χ2v) is 4.59. The summed E-state index contributed by atoms with van der Waals surface area (Å²) >= 11 is 15.1. The first-order valence-corrected chi connectivity index (χ1v) is 5.90. The molecule has 0 atom stereocenters. The summed E-state index contributed by atoms with van der Waals surface area (Å²) in [5.41, 5.74) is 0.826. The number of nitrogens with zero attached hydrogens (tertiary/aromatic N) is 2. The van der Waals surface area contributed by atoms with Gasteiger partial charge in [0.05, 0.1) is 5.69 Å². The molecule has 1 aromatic carbocycles. The van der Waals surface area contributed by atoms with Gasteiger partial charge in [-0.15, -0.1) is 0 Å². The number of aromatic nitrogens is 2. The van der Waals surface area contributed by atoms with Crippen molar-refractivity contribution < 1.29 is 0 Å².